The molecule has 0 saturated heterocycles. The number of methoxy groups -OCH3 is 3. The number of carbonyl (C=O) groups excluding carboxylic acids is 2. The minimum absolute atomic E-state index is 0.0417. The van der Waals surface area contributed by atoms with Crippen molar-refractivity contribution in [3.63, 3.8) is 0 Å². The first kappa shape index (κ1) is 34.9. The second kappa shape index (κ2) is 16.0. The van der Waals surface area contributed by atoms with E-state index >= 15 is 0 Å². The lowest BCUT2D eigenvalue weighted by molar-refractivity contribution is -0.140. The molecule has 0 aromatic heterocycles. The van der Waals surface area contributed by atoms with Gasteiger partial charge in [0.25, 0.3) is 10.0 Å². The summed E-state index contributed by atoms with van der Waals surface area (Å²) in [6, 6.07) is 16.9. The molecule has 0 radical (unpaired) electrons. The van der Waals surface area contributed by atoms with Crippen LogP contribution in [0.1, 0.15) is 51.0 Å². The number of benzene rings is 3. The summed E-state index contributed by atoms with van der Waals surface area (Å²) in [7, 11) is 0.0934. The molecule has 12 heteroatoms. The Morgan fingerprint density at radius 1 is 0.913 bits per heavy atom. The fourth-order valence-corrected chi connectivity index (χ4v) is 7.23. The number of halogens is 1. The minimum atomic E-state index is -4.33. The van der Waals surface area contributed by atoms with Crippen LogP contribution in [-0.4, -0.2) is 65.1 Å². The van der Waals surface area contributed by atoms with Crippen LogP contribution in [0.15, 0.2) is 71.6 Å². The molecular weight excluding hydrogens is 630 g/mol. The van der Waals surface area contributed by atoms with Crippen molar-refractivity contribution in [3.05, 3.63) is 77.3 Å². The summed E-state index contributed by atoms with van der Waals surface area (Å²) in [4.78, 5) is 29.5. The number of nitrogens with one attached hydrogen (secondary N) is 1. The van der Waals surface area contributed by atoms with E-state index in [0.717, 1.165) is 42.0 Å². The maximum absolute atomic E-state index is 14.4. The predicted molar refractivity (Wildman–Crippen MR) is 178 cm³/mol. The first-order valence-electron chi connectivity index (χ1n) is 15.3. The van der Waals surface area contributed by atoms with Gasteiger partial charge in [0, 0.05) is 23.7 Å². The smallest absolute Gasteiger partial charge is 0.264 e. The molecule has 10 nitrogen and oxygen atoms in total. The van der Waals surface area contributed by atoms with Crippen LogP contribution in [0.3, 0.4) is 0 Å². The van der Waals surface area contributed by atoms with Crippen molar-refractivity contribution in [1.29, 1.82) is 0 Å². The maximum Gasteiger partial charge on any atom is 0.264 e. The van der Waals surface area contributed by atoms with Gasteiger partial charge in [0.15, 0.2) is 11.5 Å². The first-order valence-corrected chi connectivity index (χ1v) is 17.2. The van der Waals surface area contributed by atoms with Crippen LogP contribution in [0.25, 0.3) is 0 Å². The molecule has 46 heavy (non-hydrogen) atoms. The lowest BCUT2D eigenvalue weighted by Crippen LogP contribution is -2.54. The van der Waals surface area contributed by atoms with E-state index in [4.69, 9.17) is 25.8 Å². The molecule has 1 aliphatic carbocycles. The van der Waals surface area contributed by atoms with Gasteiger partial charge in [0.1, 0.15) is 18.3 Å². The number of hydrogen-bond donors (Lipinski definition) is 1. The number of carbonyl (C=O) groups is 2. The molecule has 1 aliphatic rings. The number of ether oxygens (including phenoxy) is 3. The van der Waals surface area contributed by atoms with E-state index in [1.807, 2.05) is 13.0 Å². The fourth-order valence-electron chi connectivity index (χ4n) is 5.67. The molecule has 3 aromatic rings. The van der Waals surface area contributed by atoms with Crippen LogP contribution in [-0.2, 0) is 26.2 Å². The zero-order chi connectivity index (χ0) is 33.3. The number of rotatable bonds is 14. The van der Waals surface area contributed by atoms with Gasteiger partial charge >= 0.3 is 0 Å². The second-order valence-electron chi connectivity index (χ2n) is 11.1. The lowest BCUT2D eigenvalue weighted by atomic mass is 9.95. The van der Waals surface area contributed by atoms with Crippen molar-refractivity contribution in [2.24, 2.45) is 0 Å². The van der Waals surface area contributed by atoms with Gasteiger partial charge in [0.05, 0.1) is 31.9 Å². The van der Waals surface area contributed by atoms with E-state index in [1.165, 1.54) is 49.5 Å². The van der Waals surface area contributed by atoms with E-state index in [-0.39, 0.29) is 34.8 Å². The summed E-state index contributed by atoms with van der Waals surface area (Å²) < 4.78 is 45.6. The normalized spacial score (nSPS) is 14.2. The Labute approximate surface area is 276 Å². The van der Waals surface area contributed by atoms with Crippen LogP contribution in [0.2, 0.25) is 5.02 Å². The number of nitrogens with zero attached hydrogens (tertiary/aromatic N) is 2. The average molecular weight is 672 g/mol. The zero-order valence-corrected chi connectivity index (χ0v) is 28.3. The van der Waals surface area contributed by atoms with E-state index in [1.54, 1.807) is 37.4 Å². The first-order chi connectivity index (χ1) is 22.1. The molecule has 4 rings (SSSR count). The molecule has 248 valence electrons. The highest BCUT2D eigenvalue weighted by Crippen LogP contribution is 2.33. The quantitative estimate of drug-likeness (QED) is 0.230. The third-order valence-corrected chi connectivity index (χ3v) is 10.2. The zero-order valence-electron chi connectivity index (χ0n) is 26.7. The topological polar surface area (TPSA) is 114 Å². The molecule has 1 N–H and O–H groups in total. The van der Waals surface area contributed by atoms with Gasteiger partial charge in [0.2, 0.25) is 11.8 Å². The van der Waals surface area contributed by atoms with Crippen LogP contribution >= 0.6 is 11.6 Å². The summed E-state index contributed by atoms with van der Waals surface area (Å²) in [6.45, 7) is 1.33. The van der Waals surface area contributed by atoms with Crippen molar-refractivity contribution in [2.45, 2.75) is 69.0 Å². The molecule has 1 fully saturated rings. The third kappa shape index (κ3) is 8.44. The van der Waals surface area contributed by atoms with Crippen LogP contribution in [0.4, 0.5) is 5.69 Å². The highest BCUT2D eigenvalue weighted by Gasteiger charge is 2.35. The molecule has 0 heterocycles. The van der Waals surface area contributed by atoms with E-state index in [9.17, 15) is 18.0 Å². The Bertz CT molecular complexity index is 1590. The molecular formula is C34H42ClN3O7S. The standard InChI is InChI=1S/C34H42ClN3O7S/c1-5-30(34(40)36-26-11-7-6-8-12-26)37(22-24-10-9-13-28(20-24)43-2)33(39)23-38(27-16-14-25(35)15-17-27)46(41,42)29-18-19-31(44-3)32(21-29)45-4/h9-10,13-21,26,30H,5-8,11-12,22-23H2,1-4H3,(H,36,40)/t30-/m1/s1. The minimum Gasteiger partial charge on any atom is -0.497 e. The highest BCUT2D eigenvalue weighted by atomic mass is 35.5. The number of sulfonamides is 1. The van der Waals surface area contributed by atoms with Crippen molar-refractivity contribution >= 4 is 39.1 Å². The van der Waals surface area contributed by atoms with Crippen molar-refractivity contribution in [2.75, 3.05) is 32.2 Å². The highest BCUT2D eigenvalue weighted by molar-refractivity contribution is 7.92. The molecule has 0 aliphatic heterocycles. The summed E-state index contributed by atoms with van der Waals surface area (Å²) in [5.74, 6) is 0.369. The van der Waals surface area contributed by atoms with E-state index < -0.39 is 28.5 Å². The predicted octanol–water partition coefficient (Wildman–Crippen LogP) is 5.82. The Morgan fingerprint density at radius 3 is 2.24 bits per heavy atom. The Kier molecular flexibility index (Phi) is 12.2. The number of hydrogen-bond acceptors (Lipinski definition) is 7. The van der Waals surface area contributed by atoms with Crippen molar-refractivity contribution in [3.8, 4) is 17.2 Å². The van der Waals surface area contributed by atoms with Gasteiger partial charge < -0.3 is 24.4 Å². The monoisotopic (exact) mass is 671 g/mol. The van der Waals surface area contributed by atoms with Gasteiger partial charge in [-0.3, -0.25) is 13.9 Å². The van der Waals surface area contributed by atoms with Crippen molar-refractivity contribution < 1.29 is 32.2 Å². The summed E-state index contributed by atoms with van der Waals surface area (Å²) in [6.07, 6.45) is 5.33. The molecule has 1 saturated carbocycles. The molecule has 3 aromatic carbocycles. The Hall–Kier alpha value is -3.96. The van der Waals surface area contributed by atoms with Gasteiger partial charge in [-0.1, -0.05) is 49.9 Å². The molecule has 1 atom stereocenters. The molecule has 0 unspecified atom stereocenters. The maximum atomic E-state index is 14.4. The van der Waals surface area contributed by atoms with Gasteiger partial charge in [-0.2, -0.15) is 0 Å². The fraction of sp³-hybridized carbons (Fsp3) is 0.412. The largest absolute Gasteiger partial charge is 0.497 e. The average Bonchev–Trinajstić information content (AvgIpc) is 3.07. The summed E-state index contributed by atoms with van der Waals surface area (Å²) >= 11 is 6.14. The molecule has 0 spiro atoms. The van der Waals surface area contributed by atoms with Gasteiger partial charge in [-0.15, -0.1) is 0 Å². The van der Waals surface area contributed by atoms with E-state index in [2.05, 4.69) is 5.32 Å². The molecule has 2 amide bonds. The molecule has 0 bridgehead atoms. The summed E-state index contributed by atoms with van der Waals surface area (Å²) in [5.41, 5.74) is 0.964. The van der Waals surface area contributed by atoms with Crippen LogP contribution in [0, 0.1) is 0 Å². The van der Waals surface area contributed by atoms with E-state index in [0.29, 0.717) is 22.9 Å². The third-order valence-electron chi connectivity index (χ3n) is 8.16. The van der Waals surface area contributed by atoms with Gasteiger partial charge in [-0.25, -0.2) is 8.42 Å². The summed E-state index contributed by atoms with van der Waals surface area (Å²) in [5, 5.41) is 3.56. The Balaban J connectivity index is 1.74. The Morgan fingerprint density at radius 2 is 1.61 bits per heavy atom. The van der Waals surface area contributed by atoms with Crippen molar-refractivity contribution in [1.82, 2.24) is 10.2 Å². The number of anilines is 1. The lowest BCUT2D eigenvalue weighted by Gasteiger charge is -2.34. The van der Waals surface area contributed by atoms with Crippen LogP contribution in [0.5, 0.6) is 17.2 Å². The van der Waals surface area contributed by atoms with Gasteiger partial charge in [-0.05, 0) is 73.4 Å². The second-order valence-corrected chi connectivity index (χ2v) is 13.4. The van der Waals surface area contributed by atoms with Crippen LogP contribution < -0.4 is 23.8 Å². The number of amides is 2. The SMILES string of the molecule is CC[C@H](C(=O)NC1CCCCC1)N(Cc1cccc(OC)c1)C(=O)CN(c1ccc(Cl)cc1)S(=O)(=O)c1ccc(OC)c(OC)c1.